The van der Waals surface area contributed by atoms with Crippen molar-refractivity contribution in [3.8, 4) is 0 Å². The zero-order chi connectivity index (χ0) is 12.4. The molecule has 0 aromatic rings. The molecule has 0 aromatic heterocycles. The Morgan fingerprint density at radius 3 is 2.75 bits per heavy atom. The van der Waals surface area contributed by atoms with Crippen molar-refractivity contribution in [3.63, 3.8) is 0 Å². The molecule has 0 rings (SSSR count). The van der Waals surface area contributed by atoms with Crippen LogP contribution in [0, 0.1) is 0 Å². The van der Waals surface area contributed by atoms with Crippen LogP contribution in [0.15, 0.2) is 0 Å². The zero-order valence-corrected chi connectivity index (χ0v) is 9.94. The second-order valence-corrected chi connectivity index (χ2v) is 3.43. The number of nitrogens with one attached hydrogen (secondary N) is 1. The van der Waals surface area contributed by atoms with Gasteiger partial charge in [0.2, 0.25) is 0 Å². The van der Waals surface area contributed by atoms with Gasteiger partial charge in [-0.05, 0) is 0 Å². The van der Waals surface area contributed by atoms with E-state index < -0.39 is 0 Å². The van der Waals surface area contributed by atoms with Gasteiger partial charge in [-0.25, -0.2) is 0 Å². The van der Waals surface area contributed by atoms with Crippen LogP contribution in [-0.2, 0) is 14.3 Å². The van der Waals surface area contributed by atoms with Crippen molar-refractivity contribution in [2.45, 2.75) is 25.3 Å². The molecule has 0 aliphatic carbocycles. The van der Waals surface area contributed by atoms with Gasteiger partial charge < -0.3 is 0 Å². The molecule has 6 nitrogen and oxygen atoms in total. The Balaban J connectivity index is 4.16. The molecule has 0 heterocycles. The first-order valence-electron chi connectivity index (χ1n) is 5.36. The predicted molar refractivity (Wildman–Crippen MR) is 60.9 cm³/mol. The predicted octanol–water partition coefficient (Wildman–Crippen LogP) is -0.899. The SMILES string of the molecule is CON(C)C(=O)C(CCCCN)NCB=O. The van der Waals surface area contributed by atoms with Gasteiger partial charge in [-0.2, -0.15) is 0 Å². The molecule has 1 amide bonds. The zero-order valence-electron chi connectivity index (χ0n) is 9.94. The Kier molecular flexibility index (Phi) is 8.98. The van der Waals surface area contributed by atoms with Crippen molar-refractivity contribution in [2.24, 2.45) is 5.73 Å². The first kappa shape index (κ1) is 15.2. The molecule has 1 atom stereocenters. The molecule has 0 saturated carbocycles. The van der Waals surface area contributed by atoms with E-state index in [4.69, 9.17) is 10.6 Å². The van der Waals surface area contributed by atoms with Crippen LogP contribution in [0.2, 0.25) is 0 Å². The van der Waals surface area contributed by atoms with Gasteiger partial charge in [-0.15, -0.1) is 0 Å². The van der Waals surface area contributed by atoms with Gasteiger partial charge in [0.25, 0.3) is 0 Å². The van der Waals surface area contributed by atoms with Crippen molar-refractivity contribution in [1.82, 2.24) is 10.4 Å². The summed E-state index contributed by atoms with van der Waals surface area (Å²) in [4.78, 5) is 16.6. The van der Waals surface area contributed by atoms with Gasteiger partial charge in [0.15, 0.2) is 0 Å². The summed E-state index contributed by atoms with van der Waals surface area (Å²) in [6.45, 7) is 0.606. The molecule has 3 N–H and O–H groups in total. The third-order valence-electron chi connectivity index (χ3n) is 2.28. The summed E-state index contributed by atoms with van der Waals surface area (Å²) in [6.07, 6.45) is 2.52. The van der Waals surface area contributed by atoms with Gasteiger partial charge >= 0.3 is 96.0 Å². The second-order valence-electron chi connectivity index (χ2n) is 3.43. The fourth-order valence-electron chi connectivity index (χ4n) is 1.31. The normalized spacial score (nSPS) is 11.9. The maximum absolute atomic E-state index is 11.8. The Hall–Kier alpha value is -0.785. The number of hydroxylamine groups is 2. The summed E-state index contributed by atoms with van der Waals surface area (Å²) >= 11 is 0. The van der Waals surface area contributed by atoms with E-state index >= 15 is 0 Å². The fraction of sp³-hybridized carbons (Fsp3) is 0.889. The van der Waals surface area contributed by atoms with Gasteiger partial charge in [0.1, 0.15) is 0 Å². The summed E-state index contributed by atoms with van der Waals surface area (Å²) in [5.41, 5.74) is 5.38. The topological polar surface area (TPSA) is 84.7 Å². The minimum absolute atomic E-state index is 0.163. The van der Waals surface area contributed by atoms with Gasteiger partial charge in [0, 0.05) is 0 Å². The summed E-state index contributed by atoms with van der Waals surface area (Å²) in [7, 11) is 3.70. The van der Waals surface area contributed by atoms with Crippen LogP contribution in [-0.4, -0.2) is 51.3 Å². The van der Waals surface area contributed by atoms with Gasteiger partial charge in [-0.3, -0.25) is 0 Å². The van der Waals surface area contributed by atoms with E-state index in [1.54, 1.807) is 7.05 Å². The Labute approximate surface area is 96.7 Å². The molecule has 0 spiro atoms. The first-order valence-corrected chi connectivity index (χ1v) is 5.36. The summed E-state index contributed by atoms with van der Waals surface area (Å²) in [6, 6.07) is -0.387. The van der Waals surface area contributed by atoms with Crippen LogP contribution in [0.25, 0.3) is 0 Å². The van der Waals surface area contributed by atoms with Crippen LogP contribution in [0.4, 0.5) is 0 Å². The Morgan fingerprint density at radius 2 is 2.25 bits per heavy atom. The number of amides is 1. The molecule has 0 bridgehead atoms. The van der Waals surface area contributed by atoms with Crippen molar-refractivity contribution in [1.29, 1.82) is 0 Å². The number of likely N-dealkylation sites (N-methyl/N-ethyl adjacent to an activating group) is 1. The van der Waals surface area contributed by atoms with E-state index in [2.05, 4.69) is 5.32 Å². The third kappa shape index (κ3) is 5.94. The number of hydrogen-bond acceptors (Lipinski definition) is 5. The molecular formula is C9H20BN3O3. The molecule has 0 aliphatic rings. The quantitative estimate of drug-likeness (QED) is 0.304. The average molecular weight is 229 g/mol. The summed E-state index contributed by atoms with van der Waals surface area (Å²) in [5.74, 6) is -0.179. The molecular weight excluding hydrogens is 209 g/mol. The van der Waals surface area contributed by atoms with E-state index in [1.807, 2.05) is 0 Å². The van der Waals surface area contributed by atoms with E-state index in [1.165, 1.54) is 7.11 Å². The number of unbranched alkanes of at least 4 members (excludes halogenated alkanes) is 1. The van der Waals surface area contributed by atoms with Crippen LogP contribution >= 0.6 is 0 Å². The summed E-state index contributed by atoms with van der Waals surface area (Å²) in [5, 5.41) is 4.02. The Morgan fingerprint density at radius 1 is 1.56 bits per heavy atom. The molecule has 92 valence electrons. The average Bonchev–Trinajstić information content (AvgIpc) is 2.31. The number of nitrogens with two attached hydrogens (primary N) is 1. The monoisotopic (exact) mass is 229 g/mol. The molecule has 16 heavy (non-hydrogen) atoms. The fourth-order valence-corrected chi connectivity index (χ4v) is 1.31. The van der Waals surface area contributed by atoms with Gasteiger partial charge in [0.05, 0.1) is 0 Å². The van der Waals surface area contributed by atoms with E-state index in [9.17, 15) is 9.50 Å². The first-order chi connectivity index (χ1) is 7.67. The number of carbonyl (C=O) groups excluding carboxylic acids is 1. The molecule has 0 saturated heterocycles. The third-order valence-corrected chi connectivity index (χ3v) is 2.28. The van der Waals surface area contributed by atoms with Crippen LogP contribution in [0.3, 0.4) is 0 Å². The molecule has 0 aromatic carbocycles. The van der Waals surface area contributed by atoms with Crippen molar-refractivity contribution in [3.05, 3.63) is 0 Å². The van der Waals surface area contributed by atoms with E-state index in [0.29, 0.717) is 13.0 Å². The molecule has 0 fully saturated rings. The molecule has 7 heteroatoms. The van der Waals surface area contributed by atoms with Gasteiger partial charge in [-0.1, -0.05) is 0 Å². The van der Waals surface area contributed by atoms with Crippen molar-refractivity contribution < 1.29 is 14.3 Å². The number of carbonyl (C=O) groups is 1. The van der Waals surface area contributed by atoms with E-state index in [0.717, 1.165) is 25.1 Å². The number of nitrogens with zero attached hydrogens (tertiary/aromatic N) is 1. The number of hydrogen-bond donors (Lipinski definition) is 2. The number of rotatable bonds is 9. The molecule has 1 unspecified atom stereocenters. The summed E-state index contributed by atoms with van der Waals surface area (Å²) < 4.78 is 10.3. The second kappa shape index (κ2) is 9.44. The molecule has 0 aliphatic heterocycles. The van der Waals surface area contributed by atoms with Crippen LogP contribution in [0.1, 0.15) is 19.3 Å². The maximum atomic E-state index is 11.8. The Bertz CT molecular complexity index is 216. The standard InChI is InChI=1S/C9H20BN3O3/c1-13(16-2)9(14)8(12-7-10-15)5-3-4-6-11/h8,12H,3-7,11H2,1-2H3. The minimum atomic E-state index is -0.387. The van der Waals surface area contributed by atoms with E-state index in [-0.39, 0.29) is 18.4 Å². The van der Waals surface area contributed by atoms with Crippen molar-refractivity contribution in [2.75, 3.05) is 27.1 Å². The van der Waals surface area contributed by atoms with Crippen LogP contribution in [0.5, 0.6) is 0 Å². The van der Waals surface area contributed by atoms with Crippen molar-refractivity contribution >= 4 is 13.1 Å². The van der Waals surface area contributed by atoms with Crippen LogP contribution < -0.4 is 11.1 Å². The molecule has 0 radical (unpaired) electrons.